The van der Waals surface area contributed by atoms with Crippen molar-refractivity contribution < 1.29 is 0 Å². The molecule has 0 amide bonds. The van der Waals surface area contributed by atoms with Crippen molar-refractivity contribution in [3.8, 4) is 0 Å². The highest BCUT2D eigenvalue weighted by Crippen LogP contribution is 2.13. The van der Waals surface area contributed by atoms with E-state index >= 15 is 0 Å². The van der Waals surface area contributed by atoms with Crippen molar-refractivity contribution in [3.05, 3.63) is 0 Å². The molecule has 0 saturated carbocycles. The molecule has 0 aliphatic carbocycles. The van der Waals surface area contributed by atoms with Crippen LogP contribution in [0.5, 0.6) is 0 Å². The van der Waals surface area contributed by atoms with E-state index in [2.05, 4.69) is 29.1 Å². The van der Waals surface area contributed by atoms with Gasteiger partial charge in [-0.05, 0) is 20.3 Å². The van der Waals surface area contributed by atoms with E-state index in [-0.39, 0.29) is 0 Å². The zero-order chi connectivity index (χ0) is 7.84. The van der Waals surface area contributed by atoms with Gasteiger partial charge in [-0.2, -0.15) is 0 Å². The highest BCUT2D eigenvalue weighted by Gasteiger charge is 2.26. The molecule has 0 spiro atoms. The Morgan fingerprint density at radius 3 is 3.18 bits per heavy atom. The van der Waals surface area contributed by atoms with Crippen LogP contribution in [0.1, 0.15) is 20.3 Å². The van der Waals surface area contributed by atoms with E-state index in [1.54, 1.807) is 0 Å². The van der Waals surface area contributed by atoms with Gasteiger partial charge in [-0.1, -0.05) is 0 Å². The molecule has 1 N–H and O–H groups in total. The molecule has 1 saturated heterocycles. The summed E-state index contributed by atoms with van der Waals surface area (Å²) in [6.07, 6.45) is 1.21. The van der Waals surface area contributed by atoms with Crippen LogP contribution in [-0.2, 0) is 0 Å². The molecule has 2 heterocycles. The minimum Gasteiger partial charge on any atom is -0.352 e. The predicted octanol–water partition coefficient (Wildman–Crippen LogP) is 0.428. The molecule has 62 valence electrons. The minimum absolute atomic E-state index is 0.513. The summed E-state index contributed by atoms with van der Waals surface area (Å²) in [6, 6.07) is 1.10. The van der Waals surface area contributed by atoms with E-state index in [0.717, 1.165) is 12.5 Å². The van der Waals surface area contributed by atoms with Gasteiger partial charge in [-0.15, -0.1) is 0 Å². The SMILES string of the molecule is CC1CCN2CC(C)NC2=N1. The van der Waals surface area contributed by atoms with Crippen LogP contribution in [0.2, 0.25) is 0 Å². The molecule has 0 aromatic heterocycles. The molecule has 2 rings (SSSR count). The van der Waals surface area contributed by atoms with Crippen LogP contribution in [0, 0.1) is 0 Å². The molecule has 3 heteroatoms. The van der Waals surface area contributed by atoms with E-state index in [4.69, 9.17) is 0 Å². The van der Waals surface area contributed by atoms with E-state index in [1.807, 2.05) is 0 Å². The highest BCUT2D eigenvalue weighted by atomic mass is 15.4. The first-order chi connectivity index (χ1) is 5.25. The van der Waals surface area contributed by atoms with Crippen LogP contribution < -0.4 is 5.32 Å². The number of rotatable bonds is 0. The van der Waals surface area contributed by atoms with Crippen LogP contribution in [0.25, 0.3) is 0 Å². The van der Waals surface area contributed by atoms with Crippen molar-refractivity contribution in [1.82, 2.24) is 10.2 Å². The molecule has 3 nitrogen and oxygen atoms in total. The summed E-state index contributed by atoms with van der Waals surface area (Å²) < 4.78 is 0. The van der Waals surface area contributed by atoms with Gasteiger partial charge >= 0.3 is 0 Å². The van der Waals surface area contributed by atoms with Gasteiger partial charge in [0.1, 0.15) is 0 Å². The molecular weight excluding hydrogens is 138 g/mol. The van der Waals surface area contributed by atoms with E-state index in [0.29, 0.717) is 12.1 Å². The van der Waals surface area contributed by atoms with Gasteiger partial charge in [0.25, 0.3) is 0 Å². The first-order valence-corrected chi connectivity index (χ1v) is 4.35. The van der Waals surface area contributed by atoms with Gasteiger partial charge < -0.3 is 10.2 Å². The molecule has 0 aromatic carbocycles. The first kappa shape index (κ1) is 6.95. The Bertz CT molecular complexity index is 188. The molecule has 2 unspecified atom stereocenters. The van der Waals surface area contributed by atoms with Crippen LogP contribution >= 0.6 is 0 Å². The maximum atomic E-state index is 4.53. The maximum absolute atomic E-state index is 4.53. The lowest BCUT2D eigenvalue weighted by molar-refractivity contribution is 0.391. The highest BCUT2D eigenvalue weighted by molar-refractivity contribution is 5.83. The van der Waals surface area contributed by atoms with Gasteiger partial charge in [-0.3, -0.25) is 0 Å². The summed E-state index contributed by atoms with van der Waals surface area (Å²) in [6.45, 7) is 6.68. The summed E-state index contributed by atoms with van der Waals surface area (Å²) in [5.41, 5.74) is 0. The third-order valence-corrected chi connectivity index (χ3v) is 2.33. The fourth-order valence-corrected chi connectivity index (χ4v) is 1.71. The van der Waals surface area contributed by atoms with Crippen molar-refractivity contribution in [1.29, 1.82) is 0 Å². The monoisotopic (exact) mass is 153 g/mol. The second kappa shape index (κ2) is 2.40. The lowest BCUT2D eigenvalue weighted by Gasteiger charge is -2.24. The molecule has 2 atom stereocenters. The zero-order valence-corrected chi connectivity index (χ0v) is 7.17. The van der Waals surface area contributed by atoms with Crippen LogP contribution in [-0.4, -0.2) is 36.0 Å². The Morgan fingerprint density at radius 1 is 1.55 bits per heavy atom. The fourth-order valence-electron chi connectivity index (χ4n) is 1.71. The van der Waals surface area contributed by atoms with Crippen molar-refractivity contribution in [2.45, 2.75) is 32.4 Å². The largest absolute Gasteiger partial charge is 0.352 e. The zero-order valence-electron chi connectivity index (χ0n) is 7.17. The third kappa shape index (κ3) is 1.19. The summed E-state index contributed by atoms with van der Waals surface area (Å²) in [4.78, 5) is 6.86. The number of guanidine groups is 1. The Kier molecular flexibility index (Phi) is 1.51. The van der Waals surface area contributed by atoms with Gasteiger partial charge in [0.2, 0.25) is 0 Å². The number of fused-ring (bicyclic) bond motifs is 1. The average Bonchev–Trinajstić information content (AvgIpc) is 2.27. The number of hydrogen-bond donors (Lipinski definition) is 1. The number of hydrogen-bond acceptors (Lipinski definition) is 3. The molecule has 1 fully saturated rings. The summed E-state index contributed by atoms with van der Waals surface area (Å²) >= 11 is 0. The molecular formula is C8H15N3. The second-order valence-corrected chi connectivity index (χ2v) is 3.58. The van der Waals surface area contributed by atoms with Gasteiger partial charge in [0, 0.05) is 19.1 Å². The standard InChI is InChI=1S/C8H15N3/c1-6-3-4-11-5-7(2)10-8(11)9-6/h6-7H,3-5H2,1-2H3,(H,9,10). The van der Waals surface area contributed by atoms with Crippen molar-refractivity contribution in [3.63, 3.8) is 0 Å². The van der Waals surface area contributed by atoms with Crippen LogP contribution in [0.3, 0.4) is 0 Å². The predicted molar refractivity (Wildman–Crippen MR) is 45.7 cm³/mol. The third-order valence-electron chi connectivity index (χ3n) is 2.33. The Balaban J connectivity index is 2.14. The number of nitrogens with one attached hydrogen (secondary N) is 1. The van der Waals surface area contributed by atoms with E-state index in [9.17, 15) is 0 Å². The Morgan fingerprint density at radius 2 is 2.36 bits per heavy atom. The Hall–Kier alpha value is -0.730. The summed E-state index contributed by atoms with van der Waals surface area (Å²) in [7, 11) is 0. The van der Waals surface area contributed by atoms with Crippen LogP contribution in [0.15, 0.2) is 4.99 Å². The molecule has 2 aliphatic heterocycles. The lowest BCUT2D eigenvalue weighted by Crippen LogP contribution is -2.37. The Labute approximate surface area is 67.5 Å². The average molecular weight is 153 g/mol. The van der Waals surface area contributed by atoms with E-state index < -0.39 is 0 Å². The normalized spacial score (nSPS) is 36.2. The quantitative estimate of drug-likeness (QED) is 0.546. The maximum Gasteiger partial charge on any atom is 0.194 e. The molecule has 0 radical (unpaired) electrons. The summed E-state index contributed by atoms with van der Waals surface area (Å²) in [5.74, 6) is 1.12. The van der Waals surface area contributed by atoms with Crippen LogP contribution in [0.4, 0.5) is 0 Å². The van der Waals surface area contributed by atoms with Crippen molar-refractivity contribution in [2.75, 3.05) is 13.1 Å². The summed E-state index contributed by atoms with van der Waals surface area (Å²) in [5, 5.41) is 3.36. The molecule has 0 aromatic rings. The number of nitrogens with zero attached hydrogens (tertiary/aromatic N) is 2. The van der Waals surface area contributed by atoms with Gasteiger partial charge in [0.05, 0.1) is 6.04 Å². The van der Waals surface area contributed by atoms with Gasteiger partial charge in [0.15, 0.2) is 5.96 Å². The number of aliphatic imine (C=N–C) groups is 1. The van der Waals surface area contributed by atoms with Crippen molar-refractivity contribution >= 4 is 5.96 Å². The lowest BCUT2D eigenvalue weighted by atomic mass is 10.2. The van der Waals surface area contributed by atoms with Crippen molar-refractivity contribution in [2.24, 2.45) is 4.99 Å². The molecule has 11 heavy (non-hydrogen) atoms. The molecule has 2 aliphatic rings. The fraction of sp³-hybridized carbons (Fsp3) is 0.875. The van der Waals surface area contributed by atoms with Gasteiger partial charge in [-0.25, -0.2) is 4.99 Å². The minimum atomic E-state index is 0.513. The molecule has 0 bridgehead atoms. The second-order valence-electron chi connectivity index (χ2n) is 3.58. The first-order valence-electron chi connectivity index (χ1n) is 4.35. The smallest absolute Gasteiger partial charge is 0.194 e. The topological polar surface area (TPSA) is 27.6 Å². The van der Waals surface area contributed by atoms with E-state index in [1.165, 1.54) is 13.0 Å².